The van der Waals surface area contributed by atoms with Crippen molar-refractivity contribution < 1.29 is 0 Å². The summed E-state index contributed by atoms with van der Waals surface area (Å²) in [6, 6.07) is 27.7. The number of benzene rings is 3. The molecule has 4 aromatic rings. The van der Waals surface area contributed by atoms with E-state index in [9.17, 15) is 0 Å². The summed E-state index contributed by atoms with van der Waals surface area (Å²) >= 11 is 1.39. The van der Waals surface area contributed by atoms with E-state index in [1.807, 2.05) is 98.8 Å². The van der Waals surface area contributed by atoms with E-state index in [2.05, 4.69) is 25.5 Å². The van der Waals surface area contributed by atoms with Crippen LogP contribution in [-0.2, 0) is 0 Å². The summed E-state index contributed by atoms with van der Waals surface area (Å²) in [7, 11) is 0. The Morgan fingerprint density at radius 2 is 1.34 bits per heavy atom. The minimum Gasteiger partial charge on any atom is -0.206 e. The first-order valence-corrected chi connectivity index (χ1v) is 10.9. The Morgan fingerprint density at radius 1 is 0.719 bits per heavy atom. The van der Waals surface area contributed by atoms with Gasteiger partial charge in [-0.2, -0.15) is 10.2 Å². The lowest BCUT2D eigenvalue weighted by Crippen LogP contribution is -2.11. The van der Waals surface area contributed by atoms with Crippen LogP contribution in [0.25, 0.3) is 0 Å². The molecule has 1 heterocycles. The van der Waals surface area contributed by atoms with Crippen molar-refractivity contribution in [3.63, 3.8) is 0 Å². The van der Waals surface area contributed by atoms with Gasteiger partial charge in [0.15, 0.2) is 5.00 Å². The van der Waals surface area contributed by atoms with Crippen molar-refractivity contribution in [2.45, 2.75) is 13.8 Å². The number of aryl methyl sites for hydroxylation is 1. The predicted molar refractivity (Wildman–Crippen MR) is 131 cm³/mol. The number of hydrogen-bond donors (Lipinski definition) is 0. The Bertz CT molecular complexity index is 1310. The molecule has 6 nitrogen and oxygen atoms in total. The van der Waals surface area contributed by atoms with Crippen LogP contribution in [-0.4, -0.2) is 17.1 Å². The van der Waals surface area contributed by atoms with E-state index in [0.717, 1.165) is 27.5 Å². The number of thiazole rings is 1. The van der Waals surface area contributed by atoms with Crippen molar-refractivity contribution in [2.75, 3.05) is 0 Å². The van der Waals surface area contributed by atoms with E-state index in [1.165, 1.54) is 16.9 Å². The highest BCUT2D eigenvalue weighted by molar-refractivity contribution is 7.13. The van der Waals surface area contributed by atoms with E-state index in [-0.39, 0.29) is 0 Å². The smallest absolute Gasteiger partial charge is 0.206 e. The summed E-state index contributed by atoms with van der Waals surface area (Å²) in [4.78, 5) is 0.611. The van der Waals surface area contributed by atoms with Crippen LogP contribution in [0.2, 0.25) is 0 Å². The minimum atomic E-state index is 0.611. The maximum atomic E-state index is 4.62. The molecule has 0 saturated carbocycles. The van der Waals surface area contributed by atoms with Gasteiger partial charge in [-0.05, 0) is 37.1 Å². The number of nitrogens with zero attached hydrogens (tertiary/aromatic N) is 6. The summed E-state index contributed by atoms with van der Waals surface area (Å²) < 4.78 is 1.74. The fourth-order valence-corrected chi connectivity index (χ4v) is 3.64. The van der Waals surface area contributed by atoms with Crippen molar-refractivity contribution in [3.8, 4) is 0 Å². The van der Waals surface area contributed by atoms with Gasteiger partial charge in [-0.3, -0.25) is 0 Å². The second-order valence-electron chi connectivity index (χ2n) is 7.03. The van der Waals surface area contributed by atoms with Gasteiger partial charge in [0.05, 0.1) is 23.8 Å². The van der Waals surface area contributed by atoms with Crippen molar-refractivity contribution in [1.82, 2.24) is 4.68 Å². The topological polar surface area (TPSA) is 66.7 Å². The number of rotatable bonds is 6. The third-order valence-corrected chi connectivity index (χ3v) is 5.57. The summed E-state index contributed by atoms with van der Waals surface area (Å²) in [5, 5.41) is 22.8. The molecule has 0 bridgehead atoms. The fraction of sp³-hybridized carbons (Fsp3) is 0.0800. The molecule has 0 fully saturated rings. The molecular weight excluding hydrogens is 416 g/mol. The molecule has 0 saturated heterocycles. The van der Waals surface area contributed by atoms with Gasteiger partial charge in [0, 0.05) is 0 Å². The minimum absolute atomic E-state index is 0.611. The van der Waals surface area contributed by atoms with Gasteiger partial charge in [0.1, 0.15) is 0 Å². The molecule has 1 aromatic heterocycles. The molecule has 0 atom stereocenters. The first kappa shape index (κ1) is 21.3. The molecule has 4 rings (SSSR count). The molecule has 0 aliphatic heterocycles. The van der Waals surface area contributed by atoms with Gasteiger partial charge in [0.25, 0.3) is 0 Å². The van der Waals surface area contributed by atoms with Crippen LogP contribution >= 0.6 is 11.3 Å². The highest BCUT2D eigenvalue weighted by Crippen LogP contribution is 2.25. The van der Waals surface area contributed by atoms with Gasteiger partial charge < -0.3 is 0 Å². The van der Waals surface area contributed by atoms with E-state index in [1.54, 1.807) is 17.1 Å². The molecule has 0 unspecified atom stereocenters. The van der Waals surface area contributed by atoms with Crippen LogP contribution in [0, 0.1) is 13.8 Å². The molecule has 0 amide bonds. The lowest BCUT2D eigenvalue weighted by molar-refractivity contribution is 0.796. The molecule has 32 heavy (non-hydrogen) atoms. The first-order chi connectivity index (χ1) is 15.7. The van der Waals surface area contributed by atoms with E-state index >= 15 is 0 Å². The molecule has 0 radical (unpaired) electrons. The number of azo groups is 1. The largest absolute Gasteiger partial charge is 0.233 e. The van der Waals surface area contributed by atoms with E-state index < -0.39 is 0 Å². The van der Waals surface area contributed by atoms with Crippen LogP contribution in [0.5, 0.6) is 0 Å². The Balaban J connectivity index is 1.70. The van der Waals surface area contributed by atoms with Crippen LogP contribution in [0.1, 0.15) is 22.4 Å². The molecule has 158 valence electrons. The molecule has 7 heteroatoms. The molecule has 0 aliphatic rings. The lowest BCUT2D eigenvalue weighted by Gasteiger charge is -1.98. The summed E-state index contributed by atoms with van der Waals surface area (Å²) in [6.07, 6.45) is 3.51. The Hall–Kier alpha value is -3.97. The second kappa shape index (κ2) is 10.4. The van der Waals surface area contributed by atoms with Crippen molar-refractivity contribution in [2.24, 2.45) is 25.5 Å². The predicted octanol–water partition coefficient (Wildman–Crippen LogP) is 6.40. The van der Waals surface area contributed by atoms with Gasteiger partial charge >= 0.3 is 0 Å². The number of hydrogen-bond acceptors (Lipinski definition) is 6. The van der Waals surface area contributed by atoms with E-state index in [4.69, 9.17) is 0 Å². The summed E-state index contributed by atoms with van der Waals surface area (Å²) in [6.45, 7) is 3.99. The Kier molecular flexibility index (Phi) is 6.89. The van der Waals surface area contributed by atoms with Crippen LogP contribution < -0.4 is 4.80 Å². The monoisotopic (exact) mass is 438 g/mol. The summed E-state index contributed by atoms with van der Waals surface area (Å²) in [5.74, 6) is 0. The SMILES string of the molecule is Cc1ccc(N=Nc2s/c(=N/N=C/c3ccccc3)n(/N=C/c3ccccc3)c2C)cc1. The average molecular weight is 439 g/mol. The second-order valence-corrected chi connectivity index (χ2v) is 7.99. The maximum absolute atomic E-state index is 4.62. The third kappa shape index (κ3) is 5.59. The van der Waals surface area contributed by atoms with Crippen molar-refractivity contribution in [1.29, 1.82) is 0 Å². The maximum Gasteiger partial charge on any atom is 0.233 e. The molecule has 3 aromatic carbocycles. The zero-order valence-corrected chi connectivity index (χ0v) is 18.6. The first-order valence-electron chi connectivity index (χ1n) is 10.1. The van der Waals surface area contributed by atoms with Crippen molar-refractivity contribution in [3.05, 3.63) is 112 Å². The lowest BCUT2D eigenvalue weighted by atomic mass is 10.2. The zero-order chi connectivity index (χ0) is 22.2. The van der Waals surface area contributed by atoms with Gasteiger partial charge in [0.2, 0.25) is 4.80 Å². The Labute approximate surface area is 190 Å². The highest BCUT2D eigenvalue weighted by Gasteiger charge is 2.09. The van der Waals surface area contributed by atoms with Crippen LogP contribution in [0.4, 0.5) is 10.7 Å². The van der Waals surface area contributed by atoms with E-state index in [0.29, 0.717) is 4.80 Å². The standard InChI is InChI=1S/C25H22N6S/c1-19-13-15-23(16-14-19)28-29-24-20(2)31(27-18-22-11-7-4-8-12-22)25(32-24)30-26-17-21-9-5-3-6-10-21/h3-18H,1-2H3/b26-17+,27-18+,29-28?,30-25+. The Morgan fingerprint density at radius 3 is 2.00 bits per heavy atom. The fourth-order valence-electron chi connectivity index (χ4n) is 2.79. The molecular formula is C25H22N6S. The zero-order valence-electron chi connectivity index (χ0n) is 17.8. The van der Waals surface area contributed by atoms with Gasteiger partial charge in [-0.1, -0.05) is 89.7 Å². The number of aromatic nitrogens is 1. The average Bonchev–Trinajstić information content (AvgIpc) is 3.13. The van der Waals surface area contributed by atoms with Crippen LogP contribution in [0.3, 0.4) is 0 Å². The summed E-state index contributed by atoms with van der Waals surface area (Å²) in [5.41, 5.74) is 4.78. The quantitative estimate of drug-likeness (QED) is 0.190. The third-order valence-electron chi connectivity index (χ3n) is 4.56. The molecule has 0 spiro atoms. The van der Waals surface area contributed by atoms with Crippen molar-refractivity contribution >= 4 is 34.5 Å². The van der Waals surface area contributed by atoms with Gasteiger partial charge in [-0.15, -0.1) is 15.3 Å². The van der Waals surface area contributed by atoms with Crippen LogP contribution in [0.15, 0.2) is 110 Å². The normalized spacial score (nSPS) is 12.5. The highest BCUT2D eigenvalue weighted by atomic mass is 32.1. The molecule has 0 N–H and O–H groups in total. The van der Waals surface area contributed by atoms with Gasteiger partial charge in [-0.25, -0.2) is 4.68 Å². The molecule has 0 aliphatic carbocycles.